The van der Waals surface area contributed by atoms with Crippen molar-refractivity contribution in [3.8, 4) is 0 Å². The predicted octanol–water partition coefficient (Wildman–Crippen LogP) is -1.77. The number of tetrazole rings is 1. The molecule has 0 radical (unpaired) electrons. The Morgan fingerprint density at radius 2 is 2.10 bits per heavy atom. The first-order valence-corrected chi connectivity index (χ1v) is 14.3. The number of aromatic nitrogens is 4. The van der Waals surface area contributed by atoms with Crippen LogP contribution in [0.25, 0.3) is 0 Å². The van der Waals surface area contributed by atoms with Gasteiger partial charge in [0.2, 0.25) is 17.7 Å². The minimum Gasteiger partial charge on any atom is -0.477 e. The lowest BCUT2D eigenvalue weighted by Crippen LogP contribution is -2.66. The standard InChI is InChI=1S/C24H33N9O5S/c1-11-19-18(12(2)28-17(34)9-32-10-27-29-30-32)23(36)33(19)20(24(37)38)21(11)39-14-5-15(26-6-14)22(35)31-7-13-3-4-25-16(13)8-31/h10-16,18-19,25-26H,3-9H2,1-2H3,(H,28,34)(H,37,38)/t11-,12?,13?,14+,15+,16?,18-,19-/m1/s1. The first kappa shape index (κ1) is 26.2. The summed E-state index contributed by atoms with van der Waals surface area (Å²) in [6.45, 7) is 6.77. The lowest BCUT2D eigenvalue weighted by Gasteiger charge is -2.47. The third-order valence-corrected chi connectivity index (χ3v) is 10.3. The molecule has 15 heteroatoms. The van der Waals surface area contributed by atoms with Crippen LogP contribution in [0.15, 0.2) is 16.9 Å². The van der Waals surface area contributed by atoms with Gasteiger partial charge in [-0.2, -0.15) is 0 Å². The molecule has 0 saturated carbocycles. The number of β-lactam (4-membered cyclic amide) rings is 1. The molecule has 0 bridgehead atoms. The number of hydrogen-bond acceptors (Lipinski definition) is 10. The molecule has 5 aliphatic rings. The normalized spacial score (nSPS) is 34.2. The van der Waals surface area contributed by atoms with Crippen molar-refractivity contribution in [2.24, 2.45) is 17.8 Å². The van der Waals surface area contributed by atoms with Gasteiger partial charge in [0.05, 0.1) is 18.0 Å². The highest BCUT2D eigenvalue weighted by Gasteiger charge is 2.60. The van der Waals surface area contributed by atoms with E-state index in [-0.39, 0.29) is 53.2 Å². The Morgan fingerprint density at radius 1 is 1.28 bits per heavy atom. The SMILES string of the molecule is CC(NC(=O)Cn1cnnn1)[C@H]1C(=O)N2C(C(=O)O)=C(S[C@@H]3CN[C@H](C(=O)N4CC5CCNC5C4)C3)[C@H](C)[C@H]12. The van der Waals surface area contributed by atoms with Gasteiger partial charge in [-0.15, -0.1) is 16.9 Å². The van der Waals surface area contributed by atoms with E-state index in [9.17, 15) is 24.3 Å². The van der Waals surface area contributed by atoms with Gasteiger partial charge >= 0.3 is 5.97 Å². The molecule has 3 unspecified atom stereocenters. The molecule has 3 amide bonds. The molecule has 1 aromatic rings. The lowest BCUT2D eigenvalue weighted by molar-refractivity contribution is -0.158. The minimum absolute atomic E-state index is 0.0200. The van der Waals surface area contributed by atoms with E-state index in [1.54, 1.807) is 6.92 Å². The molecule has 5 aliphatic heterocycles. The molecule has 8 atom stereocenters. The smallest absolute Gasteiger partial charge is 0.353 e. The number of carboxylic acid groups (broad SMARTS) is 1. The van der Waals surface area contributed by atoms with Crippen LogP contribution < -0.4 is 16.0 Å². The largest absolute Gasteiger partial charge is 0.477 e. The molecule has 0 aromatic carbocycles. The molecule has 1 aromatic heterocycles. The Bertz CT molecular complexity index is 1200. The third-order valence-electron chi connectivity index (χ3n) is 8.77. The fraction of sp³-hybridized carbons (Fsp3) is 0.708. The second-order valence-corrected chi connectivity index (χ2v) is 12.5. The number of carboxylic acids is 1. The van der Waals surface area contributed by atoms with Crippen LogP contribution in [0.1, 0.15) is 26.7 Å². The van der Waals surface area contributed by atoms with E-state index in [0.717, 1.165) is 26.1 Å². The summed E-state index contributed by atoms with van der Waals surface area (Å²) in [4.78, 5) is 55.1. The van der Waals surface area contributed by atoms with Gasteiger partial charge < -0.3 is 30.9 Å². The van der Waals surface area contributed by atoms with Gasteiger partial charge in [0.1, 0.15) is 18.6 Å². The molecule has 6 rings (SSSR count). The second-order valence-electron chi connectivity index (χ2n) is 11.2. The van der Waals surface area contributed by atoms with E-state index in [2.05, 4.69) is 31.5 Å². The van der Waals surface area contributed by atoms with E-state index in [4.69, 9.17) is 0 Å². The summed E-state index contributed by atoms with van der Waals surface area (Å²) >= 11 is 1.47. The molecule has 210 valence electrons. The van der Waals surface area contributed by atoms with E-state index < -0.39 is 17.9 Å². The van der Waals surface area contributed by atoms with Crippen LogP contribution in [0, 0.1) is 17.8 Å². The van der Waals surface area contributed by atoms with Crippen LogP contribution in [0.2, 0.25) is 0 Å². The average Bonchev–Trinajstić information content (AvgIpc) is 3.69. The number of amides is 3. The van der Waals surface area contributed by atoms with Gasteiger partial charge in [-0.1, -0.05) is 6.92 Å². The van der Waals surface area contributed by atoms with Gasteiger partial charge in [0.25, 0.3) is 0 Å². The van der Waals surface area contributed by atoms with Crippen molar-refractivity contribution < 1.29 is 24.3 Å². The van der Waals surface area contributed by atoms with Crippen LogP contribution in [0.4, 0.5) is 0 Å². The fourth-order valence-electron chi connectivity index (χ4n) is 6.90. The van der Waals surface area contributed by atoms with Gasteiger partial charge in [-0.25, -0.2) is 9.48 Å². The highest BCUT2D eigenvalue weighted by Crippen LogP contribution is 2.52. The van der Waals surface area contributed by atoms with Gasteiger partial charge in [0.15, 0.2) is 0 Å². The fourth-order valence-corrected chi connectivity index (χ4v) is 8.37. The van der Waals surface area contributed by atoms with Crippen molar-refractivity contribution in [1.82, 2.24) is 46.0 Å². The Labute approximate surface area is 229 Å². The number of thioether (sulfide) groups is 1. The van der Waals surface area contributed by atoms with Crippen LogP contribution in [-0.2, 0) is 25.7 Å². The molecule has 0 spiro atoms. The second kappa shape index (κ2) is 10.2. The number of nitrogens with zero attached hydrogens (tertiary/aromatic N) is 6. The quantitative estimate of drug-likeness (QED) is 0.266. The molecule has 6 heterocycles. The molecular weight excluding hydrogens is 526 g/mol. The van der Waals surface area contributed by atoms with E-state index >= 15 is 0 Å². The zero-order chi connectivity index (χ0) is 27.4. The van der Waals surface area contributed by atoms with Crippen molar-refractivity contribution in [2.75, 3.05) is 26.2 Å². The number of fused-ring (bicyclic) bond motifs is 2. The zero-order valence-electron chi connectivity index (χ0n) is 21.8. The van der Waals surface area contributed by atoms with Crippen LogP contribution in [0.5, 0.6) is 0 Å². The van der Waals surface area contributed by atoms with E-state index in [1.807, 2.05) is 11.8 Å². The van der Waals surface area contributed by atoms with Crippen LogP contribution in [0.3, 0.4) is 0 Å². The first-order valence-electron chi connectivity index (χ1n) is 13.5. The maximum atomic E-state index is 13.2. The highest BCUT2D eigenvalue weighted by molar-refractivity contribution is 8.03. The van der Waals surface area contributed by atoms with Gasteiger partial charge in [-0.05, 0) is 42.7 Å². The average molecular weight is 560 g/mol. The Kier molecular flexibility index (Phi) is 6.83. The van der Waals surface area contributed by atoms with Crippen LogP contribution >= 0.6 is 11.8 Å². The number of likely N-dealkylation sites (tertiary alicyclic amines) is 1. The van der Waals surface area contributed by atoms with Crippen LogP contribution in [-0.4, -0.2) is 114 Å². The third kappa shape index (κ3) is 4.59. The Morgan fingerprint density at radius 3 is 2.82 bits per heavy atom. The number of carbonyl (C=O) groups is 4. The monoisotopic (exact) mass is 559 g/mol. The van der Waals surface area contributed by atoms with Gasteiger partial charge in [0, 0.05) is 47.8 Å². The summed E-state index contributed by atoms with van der Waals surface area (Å²) < 4.78 is 1.29. The summed E-state index contributed by atoms with van der Waals surface area (Å²) in [7, 11) is 0. The van der Waals surface area contributed by atoms with Gasteiger partial charge in [-0.3, -0.25) is 14.4 Å². The molecule has 4 saturated heterocycles. The molecule has 0 aliphatic carbocycles. The van der Waals surface area contributed by atoms with E-state index in [1.165, 1.54) is 27.7 Å². The topological polar surface area (TPSA) is 175 Å². The Hall–Kier alpha value is -3.04. The maximum Gasteiger partial charge on any atom is 0.353 e. The predicted molar refractivity (Wildman–Crippen MR) is 138 cm³/mol. The van der Waals surface area contributed by atoms with Crippen molar-refractivity contribution in [2.45, 2.75) is 62.7 Å². The van der Waals surface area contributed by atoms with Crippen molar-refractivity contribution in [1.29, 1.82) is 0 Å². The number of aliphatic carboxylic acids is 1. The summed E-state index contributed by atoms with van der Waals surface area (Å²) in [5.74, 6) is -1.87. The minimum atomic E-state index is -1.14. The molecular formula is C24H33N9O5S. The zero-order valence-corrected chi connectivity index (χ0v) is 22.6. The van der Waals surface area contributed by atoms with E-state index in [0.29, 0.717) is 29.8 Å². The molecule has 39 heavy (non-hydrogen) atoms. The summed E-state index contributed by atoms with van der Waals surface area (Å²) in [5, 5.41) is 30.4. The number of carbonyl (C=O) groups excluding carboxylic acids is 3. The highest BCUT2D eigenvalue weighted by atomic mass is 32.2. The van der Waals surface area contributed by atoms with Crippen molar-refractivity contribution >= 4 is 35.5 Å². The summed E-state index contributed by atoms with van der Waals surface area (Å²) in [6.07, 6.45) is 3.04. The Balaban J connectivity index is 1.09. The number of rotatable bonds is 8. The first-order chi connectivity index (χ1) is 18.7. The molecule has 4 N–H and O–H groups in total. The van der Waals surface area contributed by atoms with Crippen molar-refractivity contribution in [3.63, 3.8) is 0 Å². The molecule has 4 fully saturated rings. The maximum absolute atomic E-state index is 13.2. The summed E-state index contributed by atoms with van der Waals surface area (Å²) in [5.41, 5.74) is 0.0270. The lowest BCUT2D eigenvalue weighted by atomic mass is 9.78. The number of nitrogens with one attached hydrogen (secondary N) is 3. The molecule has 14 nitrogen and oxygen atoms in total. The van der Waals surface area contributed by atoms with Crippen molar-refractivity contribution in [3.05, 3.63) is 16.9 Å². The summed E-state index contributed by atoms with van der Waals surface area (Å²) in [6, 6.07) is -0.731. The number of hydrogen-bond donors (Lipinski definition) is 4.